The number of amides is 1. The van der Waals surface area contributed by atoms with Crippen molar-refractivity contribution in [2.45, 2.75) is 25.8 Å². The molecule has 0 spiro atoms. The first kappa shape index (κ1) is 15.4. The number of likely N-dealkylation sites (tertiary alicyclic amines) is 1. The Morgan fingerprint density at radius 1 is 1.23 bits per heavy atom. The van der Waals surface area contributed by atoms with E-state index < -0.39 is 0 Å². The molecular weight excluding hydrogens is 320 g/mol. The molecule has 1 aromatic heterocycles. The van der Waals surface area contributed by atoms with Crippen LogP contribution in [0, 0.1) is 0 Å². The molecule has 0 aliphatic carbocycles. The van der Waals surface area contributed by atoms with E-state index in [2.05, 4.69) is 20.4 Å². The molecule has 1 aromatic carbocycles. The fourth-order valence-corrected chi connectivity index (χ4v) is 3.49. The van der Waals surface area contributed by atoms with Crippen LogP contribution in [-0.2, 0) is 6.54 Å². The second kappa shape index (κ2) is 7.17. The molecule has 1 saturated heterocycles. The molecule has 1 aliphatic heterocycles. The van der Waals surface area contributed by atoms with Gasteiger partial charge in [-0.15, -0.1) is 10.2 Å². The Bertz CT molecular complexity index is 654. The molecule has 1 N–H and O–H groups in total. The van der Waals surface area contributed by atoms with Crippen molar-refractivity contribution in [2.24, 2.45) is 0 Å². The molecule has 0 bridgehead atoms. The van der Waals surface area contributed by atoms with Gasteiger partial charge in [-0.1, -0.05) is 41.5 Å². The molecule has 0 saturated carbocycles. The number of hydrogen-bond acceptors (Lipinski definition) is 5. The molecule has 2 heterocycles. The maximum atomic E-state index is 12.2. The van der Waals surface area contributed by atoms with E-state index in [9.17, 15) is 4.79 Å². The monoisotopic (exact) mass is 336 g/mol. The number of anilines is 1. The molecular formula is C15H17ClN4OS. The highest BCUT2D eigenvalue weighted by molar-refractivity contribution is 7.15. The Balaban J connectivity index is 1.61. The fourth-order valence-electron chi connectivity index (χ4n) is 2.49. The molecule has 2 aromatic rings. The molecule has 0 radical (unpaired) electrons. The lowest BCUT2D eigenvalue weighted by Crippen LogP contribution is -2.28. The third kappa shape index (κ3) is 3.82. The minimum atomic E-state index is -0.258. The zero-order chi connectivity index (χ0) is 15.4. The van der Waals surface area contributed by atoms with E-state index in [-0.39, 0.29) is 5.91 Å². The summed E-state index contributed by atoms with van der Waals surface area (Å²) in [7, 11) is 0. The van der Waals surface area contributed by atoms with Crippen LogP contribution in [0.1, 0.15) is 34.6 Å². The van der Waals surface area contributed by atoms with Gasteiger partial charge < -0.3 is 0 Å². The number of carbonyl (C=O) groups excluding carboxylic acids is 1. The smallest absolute Gasteiger partial charge is 0.259 e. The van der Waals surface area contributed by atoms with Gasteiger partial charge in [0.05, 0.1) is 17.1 Å². The summed E-state index contributed by atoms with van der Waals surface area (Å²) in [5.74, 6) is -0.258. The number of rotatable bonds is 4. The maximum absolute atomic E-state index is 12.2. The van der Waals surface area contributed by atoms with Crippen molar-refractivity contribution >= 4 is 34.0 Å². The Hall–Kier alpha value is -1.50. The standard InChI is InChI=1S/C15H17ClN4OS/c16-12-7-3-2-6-11(12)14(21)17-15-19-18-13(22-15)10-20-8-4-1-5-9-20/h2-3,6-7H,1,4-5,8-10H2,(H,17,19,21). The van der Waals surface area contributed by atoms with E-state index in [0.717, 1.165) is 24.6 Å². The van der Waals surface area contributed by atoms with Crippen LogP contribution in [0.15, 0.2) is 24.3 Å². The van der Waals surface area contributed by atoms with E-state index in [4.69, 9.17) is 11.6 Å². The van der Waals surface area contributed by atoms with Gasteiger partial charge in [-0.05, 0) is 38.1 Å². The van der Waals surface area contributed by atoms with E-state index >= 15 is 0 Å². The number of nitrogens with zero attached hydrogens (tertiary/aromatic N) is 3. The van der Waals surface area contributed by atoms with Crippen LogP contribution in [-0.4, -0.2) is 34.1 Å². The van der Waals surface area contributed by atoms with Crippen molar-refractivity contribution in [3.8, 4) is 0 Å². The molecule has 116 valence electrons. The summed E-state index contributed by atoms with van der Waals surface area (Å²) in [6.07, 6.45) is 3.80. The minimum absolute atomic E-state index is 0.258. The molecule has 1 amide bonds. The number of nitrogens with one attached hydrogen (secondary N) is 1. The highest BCUT2D eigenvalue weighted by atomic mass is 35.5. The van der Waals surface area contributed by atoms with E-state index in [1.165, 1.54) is 30.6 Å². The van der Waals surface area contributed by atoms with E-state index in [0.29, 0.717) is 15.7 Å². The molecule has 0 atom stereocenters. The van der Waals surface area contributed by atoms with Crippen molar-refractivity contribution < 1.29 is 4.79 Å². The molecule has 3 rings (SSSR count). The van der Waals surface area contributed by atoms with Crippen LogP contribution in [0.3, 0.4) is 0 Å². The van der Waals surface area contributed by atoms with E-state index in [1.54, 1.807) is 24.3 Å². The molecule has 0 unspecified atom stereocenters. The van der Waals surface area contributed by atoms with Crippen molar-refractivity contribution in [1.82, 2.24) is 15.1 Å². The number of aromatic nitrogens is 2. The summed E-state index contributed by atoms with van der Waals surface area (Å²) >= 11 is 7.44. The number of piperidine rings is 1. The first-order valence-corrected chi connectivity index (χ1v) is 8.52. The number of benzene rings is 1. The Kier molecular flexibility index (Phi) is 5.02. The average molecular weight is 337 g/mol. The first-order valence-electron chi connectivity index (χ1n) is 7.33. The van der Waals surface area contributed by atoms with Crippen LogP contribution >= 0.6 is 22.9 Å². The SMILES string of the molecule is O=C(Nc1nnc(CN2CCCCC2)s1)c1ccccc1Cl. The highest BCUT2D eigenvalue weighted by Crippen LogP contribution is 2.21. The van der Waals surface area contributed by atoms with Crippen molar-refractivity contribution in [3.63, 3.8) is 0 Å². The second-order valence-electron chi connectivity index (χ2n) is 5.27. The first-order chi connectivity index (χ1) is 10.7. The summed E-state index contributed by atoms with van der Waals surface area (Å²) in [6.45, 7) is 3.03. The van der Waals surface area contributed by atoms with Gasteiger partial charge in [-0.3, -0.25) is 15.0 Å². The van der Waals surface area contributed by atoms with Crippen LogP contribution in [0.2, 0.25) is 5.02 Å². The molecule has 1 fully saturated rings. The van der Waals surface area contributed by atoms with Gasteiger partial charge in [0, 0.05) is 0 Å². The lowest BCUT2D eigenvalue weighted by atomic mass is 10.1. The van der Waals surface area contributed by atoms with Gasteiger partial charge in [0.2, 0.25) is 5.13 Å². The third-order valence-corrected chi connectivity index (χ3v) is 4.77. The average Bonchev–Trinajstić information content (AvgIpc) is 2.95. The van der Waals surface area contributed by atoms with Crippen LogP contribution in [0.5, 0.6) is 0 Å². The zero-order valence-electron chi connectivity index (χ0n) is 12.1. The van der Waals surface area contributed by atoms with E-state index in [1.807, 2.05) is 0 Å². The van der Waals surface area contributed by atoms with Crippen molar-refractivity contribution in [3.05, 3.63) is 39.9 Å². The lowest BCUT2D eigenvalue weighted by molar-refractivity contribution is 0.102. The van der Waals surface area contributed by atoms with Gasteiger partial charge in [0.15, 0.2) is 0 Å². The normalized spacial score (nSPS) is 15.7. The second-order valence-corrected chi connectivity index (χ2v) is 6.74. The van der Waals surface area contributed by atoms with Crippen LogP contribution in [0.4, 0.5) is 5.13 Å². The van der Waals surface area contributed by atoms with Gasteiger partial charge in [0.25, 0.3) is 5.91 Å². The number of halogens is 1. The van der Waals surface area contributed by atoms with Gasteiger partial charge in [-0.2, -0.15) is 0 Å². The Labute approximate surface area is 138 Å². The largest absolute Gasteiger partial charge is 0.297 e. The van der Waals surface area contributed by atoms with Crippen LogP contribution < -0.4 is 5.32 Å². The summed E-state index contributed by atoms with van der Waals surface area (Å²) in [4.78, 5) is 14.5. The molecule has 7 heteroatoms. The summed E-state index contributed by atoms with van der Waals surface area (Å²) in [5.41, 5.74) is 0.442. The minimum Gasteiger partial charge on any atom is -0.297 e. The molecule has 22 heavy (non-hydrogen) atoms. The maximum Gasteiger partial charge on any atom is 0.259 e. The van der Waals surface area contributed by atoms with Crippen LogP contribution in [0.25, 0.3) is 0 Å². The summed E-state index contributed by atoms with van der Waals surface area (Å²) in [5, 5.41) is 12.8. The molecule has 5 nitrogen and oxygen atoms in total. The fraction of sp³-hybridized carbons (Fsp3) is 0.400. The highest BCUT2D eigenvalue weighted by Gasteiger charge is 2.15. The molecule has 1 aliphatic rings. The quantitative estimate of drug-likeness (QED) is 0.929. The summed E-state index contributed by atoms with van der Waals surface area (Å²) in [6, 6.07) is 6.95. The van der Waals surface area contributed by atoms with Crippen molar-refractivity contribution in [1.29, 1.82) is 0 Å². The van der Waals surface area contributed by atoms with Gasteiger partial charge in [0.1, 0.15) is 5.01 Å². The third-order valence-electron chi connectivity index (χ3n) is 3.61. The summed E-state index contributed by atoms with van der Waals surface area (Å²) < 4.78 is 0. The number of hydrogen-bond donors (Lipinski definition) is 1. The van der Waals surface area contributed by atoms with Gasteiger partial charge in [-0.25, -0.2) is 0 Å². The topological polar surface area (TPSA) is 58.1 Å². The lowest BCUT2D eigenvalue weighted by Gasteiger charge is -2.24. The predicted octanol–water partition coefficient (Wildman–Crippen LogP) is 3.43. The van der Waals surface area contributed by atoms with Crippen molar-refractivity contribution in [2.75, 3.05) is 18.4 Å². The zero-order valence-corrected chi connectivity index (χ0v) is 13.7. The Morgan fingerprint density at radius 3 is 2.77 bits per heavy atom. The van der Waals surface area contributed by atoms with Gasteiger partial charge >= 0.3 is 0 Å². The number of carbonyl (C=O) groups is 1. The predicted molar refractivity (Wildman–Crippen MR) is 88.4 cm³/mol. The Morgan fingerprint density at radius 2 is 2.00 bits per heavy atom.